The van der Waals surface area contributed by atoms with Crippen molar-refractivity contribution in [3.63, 3.8) is 0 Å². The van der Waals surface area contributed by atoms with Crippen LogP contribution in [0.3, 0.4) is 0 Å². The first-order chi connectivity index (χ1) is 13.5. The number of benzene rings is 1. The lowest BCUT2D eigenvalue weighted by Gasteiger charge is -2.62. The van der Waals surface area contributed by atoms with Gasteiger partial charge < -0.3 is 14.7 Å². The van der Waals surface area contributed by atoms with E-state index in [2.05, 4.69) is 48.0 Å². The lowest BCUT2D eigenvalue weighted by molar-refractivity contribution is -0.212. The van der Waals surface area contributed by atoms with Gasteiger partial charge in [-0.3, -0.25) is 9.69 Å². The number of aliphatic hydroxyl groups is 1. The summed E-state index contributed by atoms with van der Waals surface area (Å²) in [5.74, 6) is 0.510. The Labute approximate surface area is 170 Å². The molecule has 5 bridgehead atoms. The van der Waals surface area contributed by atoms with Gasteiger partial charge in [-0.25, -0.2) is 0 Å². The average Bonchev–Trinajstić information content (AvgIpc) is 3.10. The number of ether oxygens (including phenoxy) is 1. The highest BCUT2D eigenvalue weighted by Gasteiger charge is 2.77. The van der Waals surface area contributed by atoms with Crippen molar-refractivity contribution in [2.75, 3.05) is 17.8 Å². The Kier molecular flexibility index (Phi) is 3.54. The molecule has 28 heavy (non-hydrogen) atoms. The minimum absolute atomic E-state index is 0.107. The van der Waals surface area contributed by atoms with Crippen molar-refractivity contribution in [3.8, 4) is 0 Å². The van der Waals surface area contributed by atoms with Crippen LogP contribution in [0.4, 0.5) is 5.69 Å². The molecular formula is C22H27ClN2O3. The van der Waals surface area contributed by atoms with Gasteiger partial charge in [0, 0.05) is 36.7 Å². The highest BCUT2D eigenvalue weighted by Crippen LogP contribution is 2.69. The maximum atomic E-state index is 12.4. The monoisotopic (exact) mass is 402 g/mol. The number of likely N-dealkylation sites (N-methyl/N-ethyl adjacent to an activating group) is 1. The zero-order chi connectivity index (χ0) is 19.4. The van der Waals surface area contributed by atoms with Gasteiger partial charge in [0.15, 0.2) is 0 Å². The minimum Gasteiger partial charge on any atom is -0.460 e. The Balaban J connectivity index is 1.57. The number of para-hydroxylation sites is 1. The van der Waals surface area contributed by atoms with Crippen LogP contribution in [-0.4, -0.2) is 59.4 Å². The lowest BCUT2D eigenvalue weighted by Crippen LogP contribution is -2.72. The summed E-state index contributed by atoms with van der Waals surface area (Å²) >= 11 is 5.87. The summed E-state index contributed by atoms with van der Waals surface area (Å²) in [6.07, 6.45) is 2.44. The second-order valence-electron chi connectivity index (χ2n) is 9.41. The number of hydrogen-bond acceptors (Lipinski definition) is 5. The molecule has 5 fully saturated rings. The number of hydrogen-bond donors (Lipinski definition) is 1. The molecule has 4 saturated heterocycles. The molecule has 6 aliphatic rings. The fraction of sp³-hybridized carbons (Fsp3) is 0.682. The molecule has 0 radical (unpaired) electrons. The molecule has 6 heteroatoms. The SMILES string of the molecule is CC[C@H]1[C@H]2C[C@H]3[C@@H]4N(C)c5ccccc5[C@]45C[C@@H]([C@@H]2[C@@H]5OC(=O)CCl)N3[C@@H]1O. The maximum absolute atomic E-state index is 12.4. The smallest absolute Gasteiger partial charge is 0.321 e. The van der Waals surface area contributed by atoms with Crippen LogP contribution in [0, 0.1) is 17.8 Å². The molecule has 0 amide bonds. The zero-order valence-electron chi connectivity index (χ0n) is 16.3. The number of esters is 1. The van der Waals surface area contributed by atoms with Crippen molar-refractivity contribution in [2.45, 2.75) is 62.1 Å². The van der Waals surface area contributed by atoms with Gasteiger partial charge in [0.2, 0.25) is 0 Å². The largest absolute Gasteiger partial charge is 0.460 e. The fourth-order valence-corrected chi connectivity index (χ4v) is 8.26. The molecule has 1 aliphatic carbocycles. The number of carbonyl (C=O) groups is 1. The second-order valence-corrected chi connectivity index (χ2v) is 9.67. The minimum atomic E-state index is -0.382. The van der Waals surface area contributed by atoms with E-state index in [4.69, 9.17) is 16.3 Å². The van der Waals surface area contributed by atoms with Crippen molar-refractivity contribution in [3.05, 3.63) is 29.8 Å². The Morgan fingerprint density at radius 1 is 1.36 bits per heavy atom. The highest BCUT2D eigenvalue weighted by molar-refractivity contribution is 6.26. The maximum Gasteiger partial charge on any atom is 0.321 e. The van der Waals surface area contributed by atoms with Crippen LogP contribution < -0.4 is 4.90 Å². The molecule has 5 aliphatic heterocycles. The first-order valence-corrected chi connectivity index (χ1v) is 11.1. The molecule has 0 aromatic heterocycles. The Hall–Kier alpha value is -1.30. The molecule has 10 atom stereocenters. The van der Waals surface area contributed by atoms with E-state index < -0.39 is 0 Å². The van der Waals surface area contributed by atoms with E-state index >= 15 is 0 Å². The van der Waals surface area contributed by atoms with Crippen LogP contribution in [0.15, 0.2) is 24.3 Å². The topological polar surface area (TPSA) is 53.0 Å². The first kappa shape index (κ1) is 17.5. The second kappa shape index (κ2) is 5.65. The van der Waals surface area contributed by atoms with E-state index in [9.17, 15) is 9.90 Å². The van der Waals surface area contributed by atoms with E-state index in [0.29, 0.717) is 12.0 Å². The van der Waals surface area contributed by atoms with Gasteiger partial charge in [-0.15, -0.1) is 11.6 Å². The molecule has 1 aromatic carbocycles. The number of carbonyl (C=O) groups excluding carboxylic acids is 1. The summed E-state index contributed by atoms with van der Waals surface area (Å²) in [5.41, 5.74) is 2.36. The number of aliphatic hydroxyl groups excluding tert-OH is 1. The van der Waals surface area contributed by atoms with E-state index in [1.165, 1.54) is 11.3 Å². The Morgan fingerprint density at radius 3 is 2.89 bits per heavy atom. The van der Waals surface area contributed by atoms with Crippen molar-refractivity contribution in [1.29, 1.82) is 0 Å². The van der Waals surface area contributed by atoms with Crippen LogP contribution in [0.5, 0.6) is 0 Å². The van der Waals surface area contributed by atoms with E-state index in [0.717, 1.165) is 19.3 Å². The molecule has 150 valence electrons. The van der Waals surface area contributed by atoms with Crippen molar-refractivity contribution in [2.24, 2.45) is 17.8 Å². The number of anilines is 1. The molecular weight excluding hydrogens is 376 g/mol. The van der Waals surface area contributed by atoms with Crippen LogP contribution in [0.2, 0.25) is 0 Å². The van der Waals surface area contributed by atoms with Gasteiger partial charge >= 0.3 is 5.97 Å². The number of nitrogens with zero attached hydrogens (tertiary/aromatic N) is 2. The van der Waals surface area contributed by atoms with E-state index in [-0.39, 0.29) is 53.5 Å². The third-order valence-electron chi connectivity index (χ3n) is 8.79. The first-order valence-electron chi connectivity index (χ1n) is 10.6. The van der Waals surface area contributed by atoms with Crippen LogP contribution in [0.25, 0.3) is 0 Å². The number of halogens is 1. The molecule has 5 nitrogen and oxygen atoms in total. The summed E-state index contributed by atoms with van der Waals surface area (Å²) in [6.45, 7) is 2.17. The third-order valence-corrected chi connectivity index (χ3v) is 9.01. The average molecular weight is 403 g/mol. The standard InChI is InChI=1S/C22H27ClN2O3/c1-3-11-12-8-15-19-22(13-6-4-5-7-14(13)24(19)2)9-16(25(15)21(11)27)18(12)20(22)28-17(26)10-23/h4-7,11-12,15-16,18-21,27H,3,8-10H2,1-2H3/t11-,12+,15-,16-,18+,19-,20-,21+,22+/m0/s1. The molecule has 7 rings (SSSR count). The number of piperidine rings is 4. The van der Waals surface area contributed by atoms with Crippen LogP contribution >= 0.6 is 11.6 Å². The number of alkyl halides is 1. The van der Waals surface area contributed by atoms with Gasteiger partial charge in [0.25, 0.3) is 0 Å². The van der Waals surface area contributed by atoms with Crippen molar-refractivity contribution >= 4 is 23.3 Å². The lowest BCUT2D eigenvalue weighted by atomic mass is 9.62. The summed E-state index contributed by atoms with van der Waals surface area (Å²) in [7, 11) is 2.17. The summed E-state index contributed by atoms with van der Waals surface area (Å²) in [6, 6.07) is 9.40. The molecule has 1 saturated carbocycles. The van der Waals surface area contributed by atoms with Gasteiger partial charge in [-0.2, -0.15) is 0 Å². The Morgan fingerprint density at radius 2 is 2.14 bits per heavy atom. The molecule has 1 spiro atoms. The molecule has 1 unspecified atom stereocenters. The highest BCUT2D eigenvalue weighted by atomic mass is 35.5. The number of fused-ring (bicyclic) bond motifs is 2. The van der Waals surface area contributed by atoms with Crippen molar-refractivity contribution in [1.82, 2.24) is 4.90 Å². The fourth-order valence-electron chi connectivity index (χ4n) is 8.20. The van der Waals surface area contributed by atoms with Gasteiger partial charge in [0.05, 0.1) is 11.5 Å². The van der Waals surface area contributed by atoms with E-state index in [1.807, 2.05) is 0 Å². The predicted octanol–water partition coefficient (Wildman–Crippen LogP) is 2.34. The van der Waals surface area contributed by atoms with Crippen LogP contribution in [0.1, 0.15) is 31.7 Å². The summed E-state index contributed by atoms with van der Waals surface area (Å²) < 4.78 is 6.19. The van der Waals surface area contributed by atoms with Gasteiger partial charge in [-0.1, -0.05) is 25.1 Å². The quantitative estimate of drug-likeness (QED) is 0.621. The molecule has 5 heterocycles. The third kappa shape index (κ3) is 1.76. The molecule has 1 aromatic rings. The normalized spacial score (nSPS) is 49.3. The molecule has 1 N–H and O–H groups in total. The van der Waals surface area contributed by atoms with Gasteiger partial charge in [-0.05, 0) is 36.8 Å². The van der Waals surface area contributed by atoms with Crippen LogP contribution in [-0.2, 0) is 14.9 Å². The zero-order valence-corrected chi connectivity index (χ0v) is 17.0. The van der Waals surface area contributed by atoms with E-state index in [1.54, 1.807) is 0 Å². The summed E-state index contributed by atoms with van der Waals surface area (Å²) in [4.78, 5) is 17.2. The predicted molar refractivity (Wildman–Crippen MR) is 106 cm³/mol. The number of rotatable bonds is 3. The van der Waals surface area contributed by atoms with Gasteiger partial charge in [0.1, 0.15) is 18.2 Å². The Bertz CT molecular complexity index is 849. The van der Waals surface area contributed by atoms with Crippen molar-refractivity contribution < 1.29 is 14.6 Å². The summed E-state index contributed by atoms with van der Waals surface area (Å²) in [5, 5.41) is 11.2.